The second-order valence-electron chi connectivity index (χ2n) is 5.75. The Bertz CT molecular complexity index is 767. The minimum absolute atomic E-state index is 0.212. The highest BCUT2D eigenvalue weighted by Crippen LogP contribution is 2.28. The third-order valence-corrected chi connectivity index (χ3v) is 4.12. The zero-order chi connectivity index (χ0) is 14.9. The van der Waals surface area contributed by atoms with Crippen LogP contribution in [0.4, 0.5) is 0 Å². The molecule has 2 aromatic carbocycles. The molecule has 0 saturated heterocycles. The third-order valence-electron chi connectivity index (χ3n) is 4.12. The summed E-state index contributed by atoms with van der Waals surface area (Å²) in [6.45, 7) is 2.11. The number of allylic oxidation sites excluding steroid dienone is 2. The van der Waals surface area contributed by atoms with Gasteiger partial charge in [-0.1, -0.05) is 66.2 Å². The fourth-order valence-corrected chi connectivity index (χ4v) is 2.86. The molecule has 4 rings (SSSR count). The van der Waals surface area contributed by atoms with Crippen LogP contribution >= 0.6 is 0 Å². The van der Waals surface area contributed by atoms with Crippen molar-refractivity contribution in [2.45, 2.75) is 13.1 Å². The van der Waals surface area contributed by atoms with Crippen LogP contribution in [-0.2, 0) is 0 Å². The molecule has 22 heavy (non-hydrogen) atoms. The van der Waals surface area contributed by atoms with Crippen molar-refractivity contribution in [2.24, 2.45) is 0 Å². The lowest BCUT2D eigenvalue weighted by atomic mass is 10.0. The van der Waals surface area contributed by atoms with Gasteiger partial charge in [0.1, 0.15) is 6.17 Å². The van der Waals surface area contributed by atoms with E-state index in [-0.39, 0.29) is 6.17 Å². The van der Waals surface area contributed by atoms with Crippen LogP contribution in [0.25, 0.3) is 11.3 Å². The normalized spacial score (nSPS) is 19.3. The summed E-state index contributed by atoms with van der Waals surface area (Å²) in [4.78, 5) is 2.23. The molecule has 0 aromatic heterocycles. The second-order valence-corrected chi connectivity index (χ2v) is 5.75. The van der Waals surface area contributed by atoms with Gasteiger partial charge in [-0.2, -0.15) is 0 Å². The van der Waals surface area contributed by atoms with Crippen LogP contribution in [0, 0.1) is 6.92 Å². The SMILES string of the molecule is Cc1ccc(C2=CN3C=C(c4ccccc4)C=CC3N2)cc1. The predicted molar refractivity (Wildman–Crippen MR) is 91.5 cm³/mol. The Balaban J connectivity index is 1.63. The van der Waals surface area contributed by atoms with Crippen molar-refractivity contribution < 1.29 is 0 Å². The molecule has 2 aliphatic heterocycles. The van der Waals surface area contributed by atoms with Gasteiger partial charge in [-0.3, -0.25) is 0 Å². The monoisotopic (exact) mass is 286 g/mol. The van der Waals surface area contributed by atoms with E-state index in [1.807, 2.05) is 6.07 Å². The number of hydrogen-bond donors (Lipinski definition) is 1. The lowest BCUT2D eigenvalue weighted by Crippen LogP contribution is -2.32. The maximum atomic E-state index is 3.56. The van der Waals surface area contributed by atoms with Gasteiger partial charge in [0.15, 0.2) is 0 Å². The summed E-state index contributed by atoms with van der Waals surface area (Å²) < 4.78 is 0. The zero-order valence-electron chi connectivity index (χ0n) is 12.5. The van der Waals surface area contributed by atoms with Gasteiger partial charge in [0, 0.05) is 12.4 Å². The molecule has 1 unspecified atom stereocenters. The van der Waals surface area contributed by atoms with E-state index in [9.17, 15) is 0 Å². The predicted octanol–water partition coefficient (Wildman–Crippen LogP) is 4.14. The van der Waals surface area contributed by atoms with E-state index in [0.717, 1.165) is 0 Å². The Morgan fingerprint density at radius 1 is 0.864 bits per heavy atom. The van der Waals surface area contributed by atoms with Crippen LogP contribution in [0.2, 0.25) is 0 Å². The number of nitrogens with one attached hydrogen (secondary N) is 1. The van der Waals surface area contributed by atoms with Gasteiger partial charge < -0.3 is 10.2 Å². The van der Waals surface area contributed by atoms with Crippen molar-refractivity contribution >= 4 is 11.3 Å². The highest BCUT2D eigenvalue weighted by Gasteiger charge is 2.23. The molecule has 0 aliphatic carbocycles. The molecule has 0 saturated carbocycles. The van der Waals surface area contributed by atoms with E-state index in [2.05, 4.69) is 90.2 Å². The van der Waals surface area contributed by atoms with Crippen molar-refractivity contribution in [3.63, 3.8) is 0 Å². The Kier molecular flexibility index (Phi) is 3.08. The van der Waals surface area contributed by atoms with E-state index < -0.39 is 0 Å². The number of rotatable bonds is 2. The Morgan fingerprint density at radius 2 is 1.64 bits per heavy atom. The molecule has 2 heteroatoms. The van der Waals surface area contributed by atoms with Gasteiger partial charge in [0.05, 0.1) is 5.70 Å². The number of hydrogen-bond acceptors (Lipinski definition) is 2. The molecule has 0 bridgehead atoms. The molecule has 2 nitrogen and oxygen atoms in total. The van der Waals surface area contributed by atoms with Crippen LogP contribution in [-0.4, -0.2) is 11.1 Å². The fourth-order valence-electron chi connectivity index (χ4n) is 2.86. The smallest absolute Gasteiger partial charge is 0.122 e. The summed E-state index contributed by atoms with van der Waals surface area (Å²) in [6.07, 6.45) is 8.99. The first-order valence-electron chi connectivity index (χ1n) is 7.58. The van der Waals surface area contributed by atoms with Gasteiger partial charge in [-0.05, 0) is 29.7 Å². The molecule has 2 aromatic rings. The Morgan fingerprint density at radius 3 is 2.41 bits per heavy atom. The summed E-state index contributed by atoms with van der Waals surface area (Å²) in [5.74, 6) is 0. The molecule has 2 aliphatic rings. The summed E-state index contributed by atoms with van der Waals surface area (Å²) in [7, 11) is 0. The van der Waals surface area contributed by atoms with Gasteiger partial charge in [-0.15, -0.1) is 0 Å². The largest absolute Gasteiger partial charge is 0.360 e. The van der Waals surface area contributed by atoms with Crippen LogP contribution in [0.5, 0.6) is 0 Å². The molecule has 0 radical (unpaired) electrons. The number of benzene rings is 2. The maximum Gasteiger partial charge on any atom is 0.122 e. The quantitative estimate of drug-likeness (QED) is 0.892. The number of nitrogens with zero attached hydrogens (tertiary/aromatic N) is 1. The van der Waals surface area contributed by atoms with Gasteiger partial charge >= 0.3 is 0 Å². The van der Waals surface area contributed by atoms with E-state index in [1.165, 1.54) is 28.0 Å². The second kappa shape index (κ2) is 5.23. The average molecular weight is 286 g/mol. The molecule has 0 spiro atoms. The number of fused-ring (bicyclic) bond motifs is 1. The summed E-state index contributed by atoms with van der Waals surface area (Å²) in [5, 5.41) is 3.56. The molecule has 108 valence electrons. The van der Waals surface area contributed by atoms with E-state index in [1.54, 1.807) is 0 Å². The molecular formula is C20H18N2. The van der Waals surface area contributed by atoms with Crippen molar-refractivity contribution in [3.05, 3.63) is 95.8 Å². The molecule has 0 fully saturated rings. The molecule has 0 amide bonds. The minimum atomic E-state index is 0.212. The van der Waals surface area contributed by atoms with Crippen molar-refractivity contribution in [1.82, 2.24) is 10.2 Å². The van der Waals surface area contributed by atoms with Crippen molar-refractivity contribution in [1.29, 1.82) is 0 Å². The Labute approximate surface area is 131 Å². The van der Waals surface area contributed by atoms with E-state index >= 15 is 0 Å². The van der Waals surface area contributed by atoms with E-state index in [4.69, 9.17) is 0 Å². The van der Waals surface area contributed by atoms with Crippen LogP contribution < -0.4 is 5.32 Å². The van der Waals surface area contributed by atoms with E-state index in [0.29, 0.717) is 0 Å². The standard InChI is InChI=1S/C20H18N2/c1-15-7-9-17(10-8-15)19-14-22-13-18(11-12-20(22)21-19)16-5-3-2-4-6-16/h2-14,20-21H,1H3. The van der Waals surface area contributed by atoms with Gasteiger partial charge in [0.2, 0.25) is 0 Å². The highest BCUT2D eigenvalue weighted by molar-refractivity contribution is 5.76. The topological polar surface area (TPSA) is 15.3 Å². The first kappa shape index (κ1) is 13.0. The molecule has 2 heterocycles. The number of aryl methyl sites for hydroxylation is 1. The van der Waals surface area contributed by atoms with Crippen LogP contribution in [0.1, 0.15) is 16.7 Å². The first-order valence-corrected chi connectivity index (χ1v) is 7.58. The summed E-state index contributed by atoms with van der Waals surface area (Å²) in [6, 6.07) is 19.1. The third kappa shape index (κ3) is 2.33. The molecule has 1 atom stereocenters. The summed E-state index contributed by atoms with van der Waals surface area (Å²) in [5.41, 5.74) is 6.16. The van der Waals surface area contributed by atoms with Gasteiger partial charge in [-0.25, -0.2) is 0 Å². The molecule has 1 N–H and O–H groups in total. The van der Waals surface area contributed by atoms with Crippen molar-refractivity contribution in [2.75, 3.05) is 0 Å². The summed E-state index contributed by atoms with van der Waals surface area (Å²) >= 11 is 0. The fraction of sp³-hybridized carbons (Fsp3) is 0.100. The molecular weight excluding hydrogens is 268 g/mol. The Hall–Kier alpha value is -2.74. The average Bonchev–Trinajstić information content (AvgIpc) is 2.99. The minimum Gasteiger partial charge on any atom is -0.360 e. The first-order chi connectivity index (χ1) is 10.8. The lowest BCUT2D eigenvalue weighted by molar-refractivity contribution is 0.429. The lowest BCUT2D eigenvalue weighted by Gasteiger charge is -2.24. The van der Waals surface area contributed by atoms with Crippen LogP contribution in [0.15, 0.2) is 79.1 Å². The van der Waals surface area contributed by atoms with Crippen molar-refractivity contribution in [3.8, 4) is 0 Å². The maximum absolute atomic E-state index is 3.56. The van der Waals surface area contributed by atoms with Crippen LogP contribution in [0.3, 0.4) is 0 Å². The van der Waals surface area contributed by atoms with Gasteiger partial charge in [0.25, 0.3) is 0 Å². The highest BCUT2D eigenvalue weighted by atomic mass is 15.3. The zero-order valence-corrected chi connectivity index (χ0v) is 12.5.